The van der Waals surface area contributed by atoms with Crippen LogP contribution in [-0.4, -0.2) is 19.6 Å². The third-order valence-corrected chi connectivity index (χ3v) is 3.94. The predicted octanol–water partition coefficient (Wildman–Crippen LogP) is 4.77. The fourth-order valence-electron chi connectivity index (χ4n) is 2.67. The number of rotatable bonds is 7. The van der Waals surface area contributed by atoms with Gasteiger partial charge >= 0.3 is 0 Å². The van der Waals surface area contributed by atoms with E-state index in [1.54, 1.807) is 7.11 Å². The second-order valence-corrected chi connectivity index (χ2v) is 5.71. The first kappa shape index (κ1) is 17.5. The van der Waals surface area contributed by atoms with Gasteiger partial charge in [-0.3, -0.25) is 4.79 Å². The number of benzene rings is 3. The van der Waals surface area contributed by atoms with Crippen LogP contribution in [0.3, 0.4) is 0 Å². The van der Waals surface area contributed by atoms with Gasteiger partial charge in [0.05, 0.1) is 20.1 Å². The second kappa shape index (κ2) is 8.72. The SMILES string of the molecule is COc1ccccc1OCCC(=O)Nc1ccccc1-c1ccccc1. The van der Waals surface area contributed by atoms with Gasteiger partial charge in [0.15, 0.2) is 11.5 Å². The fraction of sp³-hybridized carbons (Fsp3) is 0.136. The van der Waals surface area contributed by atoms with Crippen LogP contribution in [0.4, 0.5) is 5.69 Å². The largest absolute Gasteiger partial charge is 0.493 e. The molecule has 1 N–H and O–H groups in total. The number of nitrogens with one attached hydrogen (secondary N) is 1. The van der Waals surface area contributed by atoms with Crippen molar-refractivity contribution in [2.45, 2.75) is 6.42 Å². The minimum atomic E-state index is -0.0942. The lowest BCUT2D eigenvalue weighted by atomic mass is 10.0. The van der Waals surface area contributed by atoms with Crippen LogP contribution in [0.25, 0.3) is 11.1 Å². The first-order valence-electron chi connectivity index (χ1n) is 8.48. The van der Waals surface area contributed by atoms with Gasteiger partial charge in [-0.25, -0.2) is 0 Å². The molecule has 0 bridgehead atoms. The molecule has 0 aliphatic rings. The van der Waals surface area contributed by atoms with Gasteiger partial charge in [0.2, 0.25) is 5.91 Å². The minimum Gasteiger partial charge on any atom is -0.493 e. The molecule has 3 rings (SSSR count). The highest BCUT2D eigenvalue weighted by molar-refractivity contribution is 5.95. The van der Waals surface area contributed by atoms with Crippen LogP contribution in [0.15, 0.2) is 78.9 Å². The molecule has 0 unspecified atom stereocenters. The lowest BCUT2D eigenvalue weighted by molar-refractivity contribution is -0.116. The number of amides is 1. The molecule has 0 saturated heterocycles. The third-order valence-electron chi connectivity index (χ3n) is 3.94. The van der Waals surface area contributed by atoms with Crippen molar-refractivity contribution in [2.24, 2.45) is 0 Å². The van der Waals surface area contributed by atoms with Gasteiger partial charge in [-0.05, 0) is 23.8 Å². The fourth-order valence-corrected chi connectivity index (χ4v) is 2.67. The molecule has 0 saturated carbocycles. The van der Waals surface area contributed by atoms with Gasteiger partial charge in [0.25, 0.3) is 0 Å². The molecule has 0 heterocycles. The smallest absolute Gasteiger partial charge is 0.227 e. The van der Waals surface area contributed by atoms with E-state index in [-0.39, 0.29) is 18.9 Å². The Labute approximate surface area is 153 Å². The molecule has 26 heavy (non-hydrogen) atoms. The van der Waals surface area contributed by atoms with E-state index in [9.17, 15) is 4.79 Å². The minimum absolute atomic E-state index is 0.0942. The second-order valence-electron chi connectivity index (χ2n) is 5.71. The van der Waals surface area contributed by atoms with Gasteiger partial charge in [-0.15, -0.1) is 0 Å². The standard InChI is InChI=1S/C22H21NO3/c1-25-20-13-7-8-14-21(20)26-16-15-22(24)23-19-12-6-5-11-18(19)17-9-3-2-4-10-17/h2-14H,15-16H2,1H3,(H,23,24). The molecule has 0 spiro atoms. The van der Waals surface area contributed by atoms with E-state index in [0.29, 0.717) is 11.5 Å². The quantitative estimate of drug-likeness (QED) is 0.670. The van der Waals surface area contributed by atoms with Crippen LogP contribution in [0, 0.1) is 0 Å². The average molecular weight is 347 g/mol. The summed E-state index contributed by atoms with van der Waals surface area (Å²) in [5, 5.41) is 2.97. The number of hydrogen-bond acceptors (Lipinski definition) is 3. The first-order chi connectivity index (χ1) is 12.8. The van der Waals surface area contributed by atoms with E-state index in [1.807, 2.05) is 78.9 Å². The molecule has 0 aliphatic carbocycles. The molecule has 3 aromatic carbocycles. The third kappa shape index (κ3) is 4.42. The van der Waals surface area contributed by atoms with E-state index < -0.39 is 0 Å². The van der Waals surface area contributed by atoms with E-state index in [2.05, 4.69) is 5.32 Å². The summed E-state index contributed by atoms with van der Waals surface area (Å²) in [5.41, 5.74) is 2.85. The summed E-state index contributed by atoms with van der Waals surface area (Å²) < 4.78 is 10.9. The molecular weight excluding hydrogens is 326 g/mol. The predicted molar refractivity (Wildman–Crippen MR) is 104 cm³/mol. The van der Waals surface area contributed by atoms with Gasteiger partial charge in [-0.2, -0.15) is 0 Å². The summed E-state index contributed by atoms with van der Waals surface area (Å²) >= 11 is 0. The molecule has 0 aliphatic heterocycles. The highest BCUT2D eigenvalue weighted by atomic mass is 16.5. The Hall–Kier alpha value is -3.27. The van der Waals surface area contributed by atoms with E-state index in [1.165, 1.54) is 0 Å². The lowest BCUT2D eigenvalue weighted by Crippen LogP contribution is -2.15. The first-order valence-corrected chi connectivity index (χ1v) is 8.48. The summed E-state index contributed by atoms with van der Waals surface area (Å²) in [6.45, 7) is 0.277. The number of carbonyl (C=O) groups excluding carboxylic acids is 1. The Balaban J connectivity index is 1.61. The molecule has 0 radical (unpaired) electrons. The molecule has 0 fully saturated rings. The van der Waals surface area contributed by atoms with Crippen molar-refractivity contribution in [3.05, 3.63) is 78.9 Å². The highest BCUT2D eigenvalue weighted by Crippen LogP contribution is 2.28. The molecule has 132 valence electrons. The van der Waals surface area contributed by atoms with Crippen molar-refractivity contribution in [3.63, 3.8) is 0 Å². The number of carbonyl (C=O) groups is 1. The van der Waals surface area contributed by atoms with Crippen LogP contribution in [0.5, 0.6) is 11.5 Å². The van der Waals surface area contributed by atoms with Crippen molar-refractivity contribution >= 4 is 11.6 Å². The number of para-hydroxylation sites is 3. The zero-order chi connectivity index (χ0) is 18.2. The van der Waals surface area contributed by atoms with E-state index in [4.69, 9.17) is 9.47 Å². The number of ether oxygens (including phenoxy) is 2. The summed E-state index contributed by atoms with van der Waals surface area (Å²) in [4.78, 5) is 12.3. The normalized spacial score (nSPS) is 10.2. The van der Waals surface area contributed by atoms with Crippen molar-refractivity contribution in [2.75, 3.05) is 19.0 Å². The van der Waals surface area contributed by atoms with Gasteiger partial charge in [0.1, 0.15) is 0 Å². The molecule has 1 amide bonds. The maximum atomic E-state index is 12.3. The Bertz CT molecular complexity index is 862. The van der Waals surface area contributed by atoms with Crippen LogP contribution in [0.1, 0.15) is 6.42 Å². The maximum Gasteiger partial charge on any atom is 0.227 e. The Morgan fingerprint density at radius 3 is 2.27 bits per heavy atom. The van der Waals surface area contributed by atoms with Crippen molar-refractivity contribution < 1.29 is 14.3 Å². The summed E-state index contributed by atoms with van der Waals surface area (Å²) in [5.74, 6) is 1.19. The Morgan fingerprint density at radius 2 is 1.50 bits per heavy atom. The van der Waals surface area contributed by atoms with Gasteiger partial charge in [0, 0.05) is 11.3 Å². The van der Waals surface area contributed by atoms with Crippen LogP contribution in [0.2, 0.25) is 0 Å². The number of methoxy groups -OCH3 is 1. The van der Waals surface area contributed by atoms with Crippen LogP contribution >= 0.6 is 0 Å². The highest BCUT2D eigenvalue weighted by Gasteiger charge is 2.09. The Morgan fingerprint density at radius 1 is 0.846 bits per heavy atom. The zero-order valence-electron chi connectivity index (χ0n) is 14.6. The molecule has 0 aromatic heterocycles. The topological polar surface area (TPSA) is 47.6 Å². The Kier molecular flexibility index (Phi) is 5.88. The molecular formula is C22H21NO3. The summed E-state index contributed by atoms with van der Waals surface area (Å²) in [7, 11) is 1.59. The van der Waals surface area contributed by atoms with Gasteiger partial charge < -0.3 is 14.8 Å². The maximum absolute atomic E-state index is 12.3. The summed E-state index contributed by atoms with van der Waals surface area (Å²) in [6.07, 6.45) is 0.251. The van der Waals surface area contributed by atoms with Crippen molar-refractivity contribution in [1.29, 1.82) is 0 Å². The molecule has 4 heteroatoms. The van der Waals surface area contributed by atoms with Crippen molar-refractivity contribution in [1.82, 2.24) is 0 Å². The molecule has 0 atom stereocenters. The van der Waals surface area contributed by atoms with E-state index in [0.717, 1.165) is 16.8 Å². The van der Waals surface area contributed by atoms with Crippen LogP contribution in [-0.2, 0) is 4.79 Å². The number of anilines is 1. The average Bonchev–Trinajstić information content (AvgIpc) is 2.69. The van der Waals surface area contributed by atoms with Crippen molar-refractivity contribution in [3.8, 4) is 22.6 Å². The molecule has 3 aromatic rings. The van der Waals surface area contributed by atoms with E-state index >= 15 is 0 Å². The lowest BCUT2D eigenvalue weighted by Gasteiger charge is -2.12. The van der Waals surface area contributed by atoms with Crippen LogP contribution < -0.4 is 14.8 Å². The summed E-state index contributed by atoms with van der Waals surface area (Å²) in [6, 6.07) is 25.1. The number of hydrogen-bond donors (Lipinski definition) is 1. The molecule has 4 nitrogen and oxygen atoms in total. The van der Waals surface area contributed by atoms with Gasteiger partial charge in [-0.1, -0.05) is 60.7 Å². The zero-order valence-corrected chi connectivity index (χ0v) is 14.6. The monoisotopic (exact) mass is 347 g/mol.